The Balaban J connectivity index is 1.50. The molecule has 15 nitrogen and oxygen atoms in total. The number of likely N-dealkylation sites (N-methyl/N-ethyl adjacent to an activating group) is 1. The van der Waals surface area contributed by atoms with Gasteiger partial charge in [-0.3, -0.25) is 14.6 Å². The van der Waals surface area contributed by atoms with E-state index in [4.69, 9.17) is 37.9 Å². The number of methoxy groups -OCH3 is 2. The lowest BCUT2D eigenvalue weighted by Crippen LogP contribution is -2.69. The molecule has 7 atom stereocenters. The zero-order valence-electron chi connectivity index (χ0n) is 30.4. The Morgan fingerprint density at radius 3 is 2.60 bits per heavy atom. The zero-order chi connectivity index (χ0) is 37.7. The van der Waals surface area contributed by atoms with Crippen LogP contribution in [0, 0.1) is 25.2 Å². The number of nitrogens with zero attached hydrogens (tertiary/aromatic N) is 3. The highest BCUT2D eigenvalue weighted by Crippen LogP contribution is 2.64. The number of alkyl carbamates (subject to hydrolysis) is 1. The van der Waals surface area contributed by atoms with Gasteiger partial charge < -0.3 is 43.2 Å². The van der Waals surface area contributed by atoms with Crippen LogP contribution in [-0.2, 0) is 30.2 Å². The fourth-order valence-corrected chi connectivity index (χ4v) is 10.1. The van der Waals surface area contributed by atoms with Gasteiger partial charge in [-0.1, -0.05) is 18.7 Å². The molecule has 2 aromatic carbocycles. The smallest absolute Gasteiger partial charge is 0.408 e. The number of ether oxygens (including phenoxy) is 8. The second kappa shape index (κ2) is 14.6. The molecule has 4 bridgehead atoms. The number of rotatable bonds is 8. The number of nitrogens with one attached hydrogen (secondary N) is 1. The van der Waals surface area contributed by atoms with Crippen molar-refractivity contribution in [2.24, 2.45) is 0 Å². The van der Waals surface area contributed by atoms with Crippen LogP contribution in [0.4, 0.5) is 4.79 Å². The largest absolute Gasteiger partial charge is 0.493 e. The summed E-state index contributed by atoms with van der Waals surface area (Å²) in [6, 6.07) is 0.967. The second-order valence-corrected chi connectivity index (χ2v) is 14.7. The van der Waals surface area contributed by atoms with E-state index in [1.165, 1.54) is 24.8 Å². The molecule has 16 heteroatoms. The summed E-state index contributed by atoms with van der Waals surface area (Å²) in [7, 11) is 5.15. The Bertz CT molecular complexity index is 1900. The number of esters is 2. The van der Waals surface area contributed by atoms with Crippen molar-refractivity contribution in [1.29, 1.82) is 5.26 Å². The highest BCUT2D eigenvalue weighted by Gasteiger charge is 2.61. The topological polar surface area (TPSA) is 167 Å². The van der Waals surface area contributed by atoms with Crippen LogP contribution < -0.4 is 29.0 Å². The van der Waals surface area contributed by atoms with Gasteiger partial charge >= 0.3 is 18.0 Å². The lowest BCUT2D eigenvalue weighted by atomic mass is 9.71. The molecule has 0 spiro atoms. The third-order valence-corrected chi connectivity index (χ3v) is 12.0. The number of aryl methyl sites for hydroxylation is 1. The van der Waals surface area contributed by atoms with Crippen molar-refractivity contribution in [3.05, 3.63) is 52.1 Å². The van der Waals surface area contributed by atoms with Gasteiger partial charge in [0.15, 0.2) is 29.8 Å². The standard InChI is InChI=1S/C37H42N4O11S/c1-8-9-47-37(44)39-21-14-53-35-27-26(34-32(50-16-51-34)18(3)31(27)52-19(4)42)24(13-48-36(21)43)41-23(12-38)22-11-20-10-17(2)30(46-7)33(49-15-45-6)25(20)28(29(35)41)40(22)5/h8,10,21-24,28-29,35H,1,9,11,13-16H2,2-7H3,(H,39,44)/t21-,22+,23+,24+,28-,29-,35-/m1/s1. The molecule has 0 radical (unpaired) electrons. The maximum atomic E-state index is 13.7. The molecular formula is C37H42N4O11S. The molecule has 53 heavy (non-hydrogen) atoms. The number of fused-ring (bicyclic) bond motifs is 10. The van der Waals surface area contributed by atoms with Gasteiger partial charge in [0.05, 0.1) is 30.5 Å². The molecule has 2 fully saturated rings. The Hall–Kier alpha value is -4.69. The van der Waals surface area contributed by atoms with Gasteiger partial charge in [0.25, 0.3) is 0 Å². The van der Waals surface area contributed by atoms with Gasteiger partial charge in [-0.25, -0.2) is 9.59 Å². The summed E-state index contributed by atoms with van der Waals surface area (Å²) in [6.07, 6.45) is 1.15. The van der Waals surface area contributed by atoms with Crippen LogP contribution in [0.5, 0.6) is 28.7 Å². The van der Waals surface area contributed by atoms with E-state index in [1.54, 1.807) is 14.2 Å². The third-order valence-electron chi connectivity index (χ3n) is 10.6. The summed E-state index contributed by atoms with van der Waals surface area (Å²) < 4.78 is 47.0. The van der Waals surface area contributed by atoms with Gasteiger partial charge in [-0.05, 0) is 38.4 Å². The normalized spacial score (nSPS) is 26.9. The summed E-state index contributed by atoms with van der Waals surface area (Å²) >= 11 is 1.38. The molecule has 2 aromatic rings. The molecular weight excluding hydrogens is 708 g/mol. The van der Waals surface area contributed by atoms with E-state index < -0.39 is 53.5 Å². The van der Waals surface area contributed by atoms with Crippen LogP contribution in [0.3, 0.4) is 0 Å². The Morgan fingerprint density at radius 2 is 1.91 bits per heavy atom. The highest BCUT2D eigenvalue weighted by atomic mass is 32.2. The van der Waals surface area contributed by atoms with Gasteiger partial charge in [-0.15, -0.1) is 11.8 Å². The molecule has 2 saturated heterocycles. The van der Waals surface area contributed by atoms with E-state index in [2.05, 4.69) is 33.8 Å². The van der Waals surface area contributed by atoms with E-state index in [0.717, 1.165) is 16.7 Å². The van der Waals surface area contributed by atoms with Crippen LogP contribution in [0.15, 0.2) is 18.7 Å². The monoisotopic (exact) mass is 750 g/mol. The van der Waals surface area contributed by atoms with Crippen molar-refractivity contribution in [3.8, 4) is 34.8 Å². The van der Waals surface area contributed by atoms with Gasteiger partial charge in [0, 0.05) is 54.1 Å². The number of hydrogen-bond donors (Lipinski definition) is 1. The summed E-state index contributed by atoms with van der Waals surface area (Å²) in [5.74, 6) is 1.13. The van der Waals surface area contributed by atoms with Crippen LogP contribution in [0.1, 0.15) is 57.6 Å². The zero-order valence-corrected chi connectivity index (χ0v) is 31.2. The summed E-state index contributed by atoms with van der Waals surface area (Å²) in [6.45, 7) is 8.32. The molecule has 1 amide bonds. The average Bonchev–Trinajstić information content (AvgIpc) is 3.62. The van der Waals surface area contributed by atoms with E-state index in [0.29, 0.717) is 51.9 Å². The first-order valence-electron chi connectivity index (χ1n) is 17.2. The first kappa shape index (κ1) is 36.7. The lowest BCUT2D eigenvalue weighted by Gasteiger charge is -2.61. The first-order chi connectivity index (χ1) is 25.6. The first-order valence-corrected chi connectivity index (χ1v) is 18.3. The summed E-state index contributed by atoms with van der Waals surface area (Å²) in [5, 5.41) is 13.1. The van der Waals surface area contributed by atoms with Crippen molar-refractivity contribution in [3.63, 3.8) is 0 Å². The minimum atomic E-state index is -1.09. The minimum Gasteiger partial charge on any atom is -0.493 e. The Kier molecular flexibility index (Phi) is 10.1. The Morgan fingerprint density at radius 1 is 1.13 bits per heavy atom. The van der Waals surface area contributed by atoms with Crippen LogP contribution in [-0.4, -0.2) is 106 Å². The predicted octanol–water partition coefficient (Wildman–Crippen LogP) is 3.79. The highest BCUT2D eigenvalue weighted by molar-refractivity contribution is 7.99. The van der Waals surface area contributed by atoms with E-state index >= 15 is 0 Å². The van der Waals surface area contributed by atoms with E-state index in [-0.39, 0.29) is 38.6 Å². The van der Waals surface area contributed by atoms with Crippen molar-refractivity contribution < 1.29 is 52.3 Å². The van der Waals surface area contributed by atoms with Gasteiger partial charge in [-0.2, -0.15) is 5.26 Å². The van der Waals surface area contributed by atoms with Crippen molar-refractivity contribution in [2.75, 3.05) is 53.8 Å². The third kappa shape index (κ3) is 5.99. The van der Waals surface area contributed by atoms with Gasteiger partial charge in [0.1, 0.15) is 31.0 Å². The number of nitriles is 1. The second-order valence-electron chi connectivity index (χ2n) is 13.5. The SMILES string of the molecule is C=CCOC(=O)N[C@@H]1CS[C@@H]2c3c(OC(C)=O)c(C)c4c(c3[C@H](COC1=O)N1[C@@H]2[C@H]2c3c(cc(C)c(OC)c3OCOC)C[C@@H]([C@@H]1C#N)N2C)OCO4. The van der Waals surface area contributed by atoms with Crippen LogP contribution in [0.25, 0.3) is 0 Å². The van der Waals surface area contributed by atoms with E-state index in [9.17, 15) is 19.6 Å². The molecule has 282 valence electrons. The number of hydrogen-bond acceptors (Lipinski definition) is 15. The summed E-state index contributed by atoms with van der Waals surface area (Å²) in [4.78, 5) is 43.6. The van der Waals surface area contributed by atoms with Crippen LogP contribution in [0.2, 0.25) is 0 Å². The molecule has 0 aromatic heterocycles. The van der Waals surface area contributed by atoms with Gasteiger partial charge in [0.2, 0.25) is 6.79 Å². The molecule has 8 rings (SSSR count). The average molecular weight is 751 g/mol. The fraction of sp³-hybridized carbons (Fsp3) is 0.514. The number of carbonyl (C=O) groups is 3. The minimum absolute atomic E-state index is 0.0323. The quantitative estimate of drug-likeness (QED) is 0.179. The summed E-state index contributed by atoms with van der Waals surface area (Å²) in [5.41, 5.74) is 4.63. The number of amides is 1. The lowest BCUT2D eigenvalue weighted by molar-refractivity contribution is -0.151. The molecule has 0 aliphatic carbocycles. The molecule has 6 aliphatic heterocycles. The number of benzene rings is 2. The van der Waals surface area contributed by atoms with E-state index in [1.807, 2.05) is 20.9 Å². The van der Waals surface area contributed by atoms with Crippen molar-refractivity contribution in [2.45, 2.75) is 68.7 Å². The maximum Gasteiger partial charge on any atom is 0.408 e. The number of piperazine rings is 1. The predicted molar refractivity (Wildman–Crippen MR) is 189 cm³/mol. The molecule has 6 heterocycles. The fourth-order valence-electron chi connectivity index (χ4n) is 8.62. The number of thioether (sulfide) groups is 1. The number of carbonyl (C=O) groups excluding carboxylic acids is 3. The molecule has 0 saturated carbocycles. The van der Waals surface area contributed by atoms with Crippen molar-refractivity contribution >= 4 is 29.8 Å². The Labute approximate surface area is 311 Å². The molecule has 6 aliphatic rings. The molecule has 1 N–H and O–H groups in total. The molecule has 0 unspecified atom stereocenters. The maximum absolute atomic E-state index is 13.7. The van der Waals surface area contributed by atoms with Crippen molar-refractivity contribution in [1.82, 2.24) is 15.1 Å². The van der Waals surface area contributed by atoms with Crippen LogP contribution >= 0.6 is 11.8 Å².